The Morgan fingerprint density at radius 1 is 0.944 bits per heavy atom. The number of rotatable bonds is 1. The monoisotopic (exact) mass is 239 g/mol. The third kappa shape index (κ3) is 1.65. The average molecular weight is 239 g/mol. The number of hydrogen-bond acceptors (Lipinski definition) is 1. The van der Waals surface area contributed by atoms with Gasteiger partial charge in [-0.3, -0.25) is 4.99 Å². The fourth-order valence-electron chi connectivity index (χ4n) is 2.45. The van der Waals surface area contributed by atoms with E-state index >= 15 is 0 Å². The van der Waals surface area contributed by atoms with Gasteiger partial charge < -0.3 is 0 Å². The minimum atomic E-state index is -0.218. The minimum absolute atomic E-state index is 0.208. The van der Waals surface area contributed by atoms with Crippen molar-refractivity contribution < 1.29 is 4.39 Å². The normalized spacial score (nSPS) is 16.3. The van der Waals surface area contributed by atoms with Crippen molar-refractivity contribution in [3.63, 3.8) is 0 Å². The standard InChI is InChI=1S/C16H14FN/c1-16(2)14-6-4-3-5-13(14)15(18-16)11-7-9-12(17)10-8-11/h3-10H,1-2H3. The smallest absolute Gasteiger partial charge is 0.123 e. The van der Waals surface area contributed by atoms with Crippen LogP contribution in [0.4, 0.5) is 4.39 Å². The maximum absolute atomic E-state index is 13.0. The summed E-state index contributed by atoms with van der Waals surface area (Å²) < 4.78 is 13.0. The quantitative estimate of drug-likeness (QED) is 0.715. The van der Waals surface area contributed by atoms with E-state index in [9.17, 15) is 4.39 Å². The van der Waals surface area contributed by atoms with E-state index in [4.69, 9.17) is 4.99 Å². The fourth-order valence-corrected chi connectivity index (χ4v) is 2.45. The van der Waals surface area contributed by atoms with Crippen LogP contribution >= 0.6 is 0 Å². The van der Waals surface area contributed by atoms with Gasteiger partial charge in [0.1, 0.15) is 5.82 Å². The summed E-state index contributed by atoms with van der Waals surface area (Å²) in [6, 6.07) is 14.8. The van der Waals surface area contributed by atoms with Crippen LogP contribution in [0.5, 0.6) is 0 Å². The van der Waals surface area contributed by atoms with Crippen LogP contribution in [0, 0.1) is 5.82 Å². The first kappa shape index (κ1) is 11.1. The van der Waals surface area contributed by atoms with E-state index < -0.39 is 0 Å². The zero-order chi connectivity index (χ0) is 12.8. The third-order valence-electron chi connectivity index (χ3n) is 3.35. The van der Waals surface area contributed by atoms with Crippen molar-refractivity contribution in [2.24, 2.45) is 4.99 Å². The first-order valence-electron chi connectivity index (χ1n) is 6.03. The van der Waals surface area contributed by atoms with Crippen LogP contribution in [0.1, 0.15) is 30.5 Å². The molecule has 1 aliphatic rings. The molecule has 1 nitrogen and oxygen atoms in total. The third-order valence-corrected chi connectivity index (χ3v) is 3.35. The molecule has 0 amide bonds. The zero-order valence-corrected chi connectivity index (χ0v) is 10.4. The lowest BCUT2D eigenvalue weighted by atomic mass is 9.92. The molecule has 0 radical (unpaired) electrons. The topological polar surface area (TPSA) is 12.4 Å². The summed E-state index contributed by atoms with van der Waals surface area (Å²) in [7, 11) is 0. The molecular weight excluding hydrogens is 225 g/mol. The Morgan fingerprint density at radius 3 is 2.33 bits per heavy atom. The molecule has 0 atom stereocenters. The molecule has 0 spiro atoms. The van der Waals surface area contributed by atoms with Crippen LogP contribution in [-0.4, -0.2) is 5.71 Å². The van der Waals surface area contributed by atoms with E-state index in [1.807, 2.05) is 12.1 Å². The maximum Gasteiger partial charge on any atom is 0.123 e. The highest BCUT2D eigenvalue weighted by Crippen LogP contribution is 2.36. The van der Waals surface area contributed by atoms with Crippen LogP contribution < -0.4 is 0 Å². The first-order valence-corrected chi connectivity index (χ1v) is 6.03. The molecule has 0 fully saturated rings. The Kier molecular flexibility index (Phi) is 2.34. The van der Waals surface area contributed by atoms with Crippen molar-refractivity contribution in [2.75, 3.05) is 0 Å². The Balaban J connectivity index is 2.17. The zero-order valence-electron chi connectivity index (χ0n) is 10.4. The van der Waals surface area contributed by atoms with Gasteiger partial charge in [-0.15, -0.1) is 0 Å². The molecule has 3 rings (SSSR count). The van der Waals surface area contributed by atoms with Gasteiger partial charge in [0, 0.05) is 11.1 Å². The molecule has 0 aliphatic carbocycles. The van der Waals surface area contributed by atoms with Crippen LogP contribution in [0.3, 0.4) is 0 Å². The van der Waals surface area contributed by atoms with Gasteiger partial charge in [0.2, 0.25) is 0 Å². The highest BCUT2D eigenvalue weighted by Gasteiger charge is 2.31. The van der Waals surface area contributed by atoms with Gasteiger partial charge in [-0.05, 0) is 43.7 Å². The van der Waals surface area contributed by atoms with Crippen LogP contribution in [0.25, 0.3) is 0 Å². The molecule has 0 saturated heterocycles. The molecule has 2 aromatic carbocycles. The van der Waals surface area contributed by atoms with E-state index in [2.05, 4.69) is 26.0 Å². The number of benzene rings is 2. The van der Waals surface area contributed by atoms with E-state index in [1.165, 1.54) is 17.7 Å². The van der Waals surface area contributed by atoms with Gasteiger partial charge in [0.05, 0.1) is 11.3 Å². The molecule has 90 valence electrons. The summed E-state index contributed by atoms with van der Waals surface area (Å²) in [4.78, 5) is 4.78. The predicted molar refractivity (Wildman–Crippen MR) is 71.5 cm³/mol. The first-order chi connectivity index (χ1) is 8.58. The highest BCUT2D eigenvalue weighted by atomic mass is 19.1. The van der Waals surface area contributed by atoms with Gasteiger partial charge in [0.15, 0.2) is 0 Å². The molecule has 1 aliphatic heterocycles. The van der Waals surface area contributed by atoms with Gasteiger partial charge >= 0.3 is 0 Å². The fraction of sp³-hybridized carbons (Fsp3) is 0.188. The van der Waals surface area contributed by atoms with E-state index in [0.29, 0.717) is 0 Å². The molecule has 0 saturated carbocycles. The van der Waals surface area contributed by atoms with E-state index in [1.54, 1.807) is 12.1 Å². The number of halogens is 1. The molecule has 2 heteroatoms. The molecule has 0 N–H and O–H groups in total. The second-order valence-corrected chi connectivity index (χ2v) is 5.07. The maximum atomic E-state index is 13.0. The van der Waals surface area contributed by atoms with Gasteiger partial charge in [0.25, 0.3) is 0 Å². The van der Waals surface area contributed by atoms with Crippen molar-refractivity contribution in [2.45, 2.75) is 19.4 Å². The van der Waals surface area contributed by atoms with Crippen molar-refractivity contribution in [1.29, 1.82) is 0 Å². The number of fused-ring (bicyclic) bond motifs is 1. The Labute approximate surface area is 106 Å². The molecular formula is C16H14FN. The number of nitrogens with zero attached hydrogens (tertiary/aromatic N) is 1. The summed E-state index contributed by atoms with van der Waals surface area (Å²) in [6.45, 7) is 4.20. The molecule has 0 unspecified atom stereocenters. The lowest BCUT2D eigenvalue weighted by molar-refractivity contribution is 0.572. The van der Waals surface area contributed by atoms with Gasteiger partial charge in [-0.2, -0.15) is 0 Å². The average Bonchev–Trinajstić information content (AvgIpc) is 2.63. The van der Waals surface area contributed by atoms with Crippen molar-refractivity contribution in [1.82, 2.24) is 0 Å². The summed E-state index contributed by atoms with van der Waals surface area (Å²) in [5, 5.41) is 0. The van der Waals surface area contributed by atoms with Crippen molar-refractivity contribution in [3.05, 3.63) is 71.0 Å². The molecule has 2 aromatic rings. The minimum Gasteiger partial charge on any atom is -0.273 e. The largest absolute Gasteiger partial charge is 0.273 e. The Hall–Kier alpha value is -1.96. The predicted octanol–water partition coefficient (Wildman–Crippen LogP) is 3.91. The second-order valence-electron chi connectivity index (χ2n) is 5.07. The van der Waals surface area contributed by atoms with Gasteiger partial charge in [-0.25, -0.2) is 4.39 Å². The van der Waals surface area contributed by atoms with Crippen LogP contribution in [0.2, 0.25) is 0 Å². The van der Waals surface area contributed by atoms with Crippen LogP contribution in [0.15, 0.2) is 53.5 Å². The van der Waals surface area contributed by atoms with Crippen LogP contribution in [-0.2, 0) is 5.54 Å². The lowest BCUT2D eigenvalue weighted by Crippen LogP contribution is -2.09. The molecule has 0 aromatic heterocycles. The lowest BCUT2D eigenvalue weighted by Gasteiger charge is -2.15. The highest BCUT2D eigenvalue weighted by molar-refractivity contribution is 6.15. The van der Waals surface area contributed by atoms with Crippen molar-refractivity contribution >= 4 is 5.71 Å². The Morgan fingerprint density at radius 2 is 1.61 bits per heavy atom. The van der Waals surface area contributed by atoms with E-state index in [-0.39, 0.29) is 11.4 Å². The summed E-state index contributed by atoms with van der Waals surface area (Å²) in [5.41, 5.74) is 4.09. The van der Waals surface area contributed by atoms with Gasteiger partial charge in [-0.1, -0.05) is 24.3 Å². The summed E-state index contributed by atoms with van der Waals surface area (Å²) in [5.74, 6) is -0.218. The molecule has 0 bridgehead atoms. The number of aliphatic imine (C=N–C) groups is 1. The summed E-state index contributed by atoms with van der Waals surface area (Å²) >= 11 is 0. The van der Waals surface area contributed by atoms with E-state index in [0.717, 1.165) is 16.8 Å². The Bertz CT molecular complexity index is 624. The number of hydrogen-bond donors (Lipinski definition) is 0. The summed E-state index contributed by atoms with van der Waals surface area (Å²) in [6.07, 6.45) is 0. The SMILES string of the molecule is CC1(C)N=C(c2ccc(F)cc2)c2ccccc21. The molecule has 1 heterocycles. The van der Waals surface area contributed by atoms with Crippen molar-refractivity contribution in [3.8, 4) is 0 Å². The molecule has 18 heavy (non-hydrogen) atoms. The second kappa shape index (κ2) is 3.77.